The first kappa shape index (κ1) is 22.6. The first-order valence-corrected chi connectivity index (χ1v) is 11.9. The summed E-state index contributed by atoms with van der Waals surface area (Å²) >= 11 is 2.88. The molecule has 0 aliphatic heterocycles. The van der Waals surface area contributed by atoms with Crippen LogP contribution < -0.4 is 15.4 Å². The number of carbonyl (C=O) groups is 2. The van der Waals surface area contributed by atoms with E-state index in [1.54, 1.807) is 7.11 Å². The van der Waals surface area contributed by atoms with Gasteiger partial charge < -0.3 is 15.4 Å². The van der Waals surface area contributed by atoms with E-state index < -0.39 is 0 Å². The molecule has 4 rings (SSSR count). The molecule has 0 spiro atoms. The summed E-state index contributed by atoms with van der Waals surface area (Å²) in [6.45, 7) is 1.98. The van der Waals surface area contributed by atoms with Gasteiger partial charge in [0.1, 0.15) is 10.8 Å². The molecule has 2 aromatic heterocycles. The summed E-state index contributed by atoms with van der Waals surface area (Å²) in [5, 5.41) is 10.8. The molecule has 2 amide bonds. The number of nitrogens with zero attached hydrogens (tertiary/aromatic N) is 2. The lowest BCUT2D eigenvalue weighted by Crippen LogP contribution is -2.18. The smallest absolute Gasteiger partial charge is 0.232 e. The molecule has 9 heteroatoms. The molecule has 168 valence electrons. The summed E-state index contributed by atoms with van der Waals surface area (Å²) in [5.41, 5.74) is 4.45. The number of hydrogen-bond donors (Lipinski definition) is 2. The molecule has 2 N–H and O–H groups in total. The minimum atomic E-state index is -0.159. The number of nitrogens with one attached hydrogen (secondary N) is 2. The maximum absolute atomic E-state index is 12.5. The van der Waals surface area contributed by atoms with Gasteiger partial charge in [-0.1, -0.05) is 24.3 Å². The van der Waals surface area contributed by atoms with Crippen molar-refractivity contribution in [2.75, 3.05) is 12.4 Å². The van der Waals surface area contributed by atoms with E-state index in [2.05, 4.69) is 20.6 Å². The Kier molecular flexibility index (Phi) is 7.11. The number of thiazole rings is 2. The molecule has 7 nitrogen and oxygen atoms in total. The van der Waals surface area contributed by atoms with Gasteiger partial charge in [-0.15, -0.1) is 22.7 Å². The molecule has 0 fully saturated rings. The Labute approximate surface area is 199 Å². The number of methoxy groups -OCH3 is 1. The molecule has 0 saturated carbocycles. The minimum Gasteiger partial charge on any atom is -0.497 e. The van der Waals surface area contributed by atoms with Crippen molar-refractivity contribution in [3.05, 3.63) is 70.5 Å². The van der Waals surface area contributed by atoms with Crippen molar-refractivity contribution in [2.45, 2.75) is 19.9 Å². The second-order valence-corrected chi connectivity index (χ2v) is 8.96. The molecule has 0 bridgehead atoms. The highest BCUT2D eigenvalue weighted by atomic mass is 32.1. The molecule has 2 aromatic carbocycles. The van der Waals surface area contributed by atoms with Crippen LogP contribution in [-0.4, -0.2) is 28.9 Å². The second-order valence-electron chi connectivity index (χ2n) is 7.24. The van der Waals surface area contributed by atoms with Gasteiger partial charge >= 0.3 is 0 Å². The van der Waals surface area contributed by atoms with Crippen LogP contribution in [0.3, 0.4) is 0 Å². The molecule has 0 atom stereocenters. The van der Waals surface area contributed by atoms with E-state index in [1.807, 2.05) is 59.3 Å². The third-order valence-corrected chi connectivity index (χ3v) is 6.47. The normalized spacial score (nSPS) is 10.6. The Morgan fingerprint density at radius 1 is 0.939 bits per heavy atom. The Balaban J connectivity index is 1.34. The quantitative estimate of drug-likeness (QED) is 0.381. The Morgan fingerprint density at radius 3 is 2.36 bits per heavy atom. The monoisotopic (exact) mass is 478 g/mol. The van der Waals surface area contributed by atoms with Gasteiger partial charge in [0.05, 0.1) is 24.9 Å². The van der Waals surface area contributed by atoms with Crippen LogP contribution in [0, 0.1) is 0 Å². The summed E-state index contributed by atoms with van der Waals surface area (Å²) in [6.07, 6.45) is 0.180. The van der Waals surface area contributed by atoms with Gasteiger partial charge in [0, 0.05) is 35.4 Å². The summed E-state index contributed by atoms with van der Waals surface area (Å²) in [6, 6.07) is 15.5. The fraction of sp³-hybridized carbons (Fsp3) is 0.167. The minimum absolute atomic E-state index is 0.0615. The highest BCUT2D eigenvalue weighted by Crippen LogP contribution is 2.27. The van der Waals surface area contributed by atoms with Gasteiger partial charge in [0.25, 0.3) is 0 Å². The zero-order chi connectivity index (χ0) is 23.2. The summed E-state index contributed by atoms with van der Waals surface area (Å²) in [7, 11) is 1.63. The average molecular weight is 479 g/mol. The maximum atomic E-state index is 12.5. The number of amides is 2. The molecule has 0 aliphatic rings. The van der Waals surface area contributed by atoms with Crippen LogP contribution in [0.15, 0.2) is 59.3 Å². The van der Waals surface area contributed by atoms with Crippen molar-refractivity contribution in [1.82, 2.24) is 15.3 Å². The van der Waals surface area contributed by atoms with Gasteiger partial charge in [-0.3, -0.25) is 9.59 Å². The molecular weight excluding hydrogens is 456 g/mol. The Morgan fingerprint density at radius 2 is 1.67 bits per heavy atom. The van der Waals surface area contributed by atoms with Crippen LogP contribution in [0.4, 0.5) is 5.13 Å². The highest BCUT2D eigenvalue weighted by molar-refractivity contribution is 7.14. The largest absolute Gasteiger partial charge is 0.497 e. The van der Waals surface area contributed by atoms with E-state index in [0.29, 0.717) is 11.7 Å². The predicted octanol–water partition coefficient (Wildman–Crippen LogP) is 4.76. The first-order chi connectivity index (χ1) is 16.0. The molecule has 33 heavy (non-hydrogen) atoms. The van der Waals surface area contributed by atoms with Crippen molar-refractivity contribution in [2.24, 2.45) is 0 Å². The van der Waals surface area contributed by atoms with Crippen molar-refractivity contribution < 1.29 is 14.3 Å². The van der Waals surface area contributed by atoms with Crippen LogP contribution in [-0.2, 0) is 22.6 Å². The lowest BCUT2D eigenvalue weighted by atomic mass is 10.1. The molecule has 0 radical (unpaired) electrons. The maximum Gasteiger partial charge on any atom is 0.232 e. The van der Waals surface area contributed by atoms with Crippen LogP contribution in [0.1, 0.15) is 18.2 Å². The van der Waals surface area contributed by atoms with Crippen molar-refractivity contribution in [3.8, 4) is 27.6 Å². The zero-order valence-electron chi connectivity index (χ0n) is 18.1. The number of carbonyl (C=O) groups excluding carboxylic acids is 2. The topological polar surface area (TPSA) is 93.2 Å². The van der Waals surface area contributed by atoms with Crippen molar-refractivity contribution in [1.29, 1.82) is 0 Å². The summed E-state index contributed by atoms with van der Waals surface area (Å²) in [5.74, 6) is 0.570. The van der Waals surface area contributed by atoms with Crippen molar-refractivity contribution in [3.63, 3.8) is 0 Å². The number of benzene rings is 2. The lowest BCUT2D eigenvalue weighted by Gasteiger charge is -2.03. The van der Waals surface area contributed by atoms with E-state index in [4.69, 9.17) is 4.74 Å². The Hall–Kier alpha value is -3.56. The van der Waals surface area contributed by atoms with Crippen LogP contribution in [0.25, 0.3) is 21.8 Å². The summed E-state index contributed by atoms with van der Waals surface area (Å²) < 4.78 is 5.18. The number of aromatic nitrogens is 2. The molecule has 0 saturated heterocycles. The third-order valence-electron chi connectivity index (χ3n) is 4.77. The summed E-state index contributed by atoms with van der Waals surface area (Å²) in [4.78, 5) is 32.6. The first-order valence-electron chi connectivity index (χ1n) is 10.2. The molecular formula is C24H22N4O3S2. The van der Waals surface area contributed by atoms with Crippen LogP contribution in [0.5, 0.6) is 5.75 Å². The lowest BCUT2D eigenvalue weighted by molar-refractivity contribution is -0.119. The zero-order valence-corrected chi connectivity index (χ0v) is 19.8. The number of anilines is 1. The van der Waals surface area contributed by atoms with Gasteiger partial charge in [0.15, 0.2) is 5.13 Å². The second kappa shape index (κ2) is 10.4. The molecule has 2 heterocycles. The van der Waals surface area contributed by atoms with Crippen LogP contribution in [0.2, 0.25) is 0 Å². The third kappa shape index (κ3) is 6.03. The van der Waals surface area contributed by atoms with E-state index in [1.165, 1.54) is 29.6 Å². The molecule has 4 aromatic rings. The molecule has 0 unspecified atom stereocenters. The standard InChI is InChI=1S/C24H22N4O3S2/c1-15(29)25-12-16-3-5-17(6-4-16)21-14-33-24(27-21)28-22(30)11-19-13-32-23(26-19)18-7-9-20(31-2)10-8-18/h3-10,13-14H,11-12H2,1-2H3,(H,25,29)(H,27,28,30). The number of hydrogen-bond acceptors (Lipinski definition) is 7. The number of rotatable bonds is 8. The van der Waals surface area contributed by atoms with Gasteiger partial charge in [-0.2, -0.15) is 0 Å². The fourth-order valence-corrected chi connectivity index (χ4v) is 4.63. The van der Waals surface area contributed by atoms with E-state index in [-0.39, 0.29) is 18.2 Å². The van der Waals surface area contributed by atoms with E-state index in [0.717, 1.165) is 38.8 Å². The number of ether oxygens (including phenoxy) is 1. The molecule has 0 aliphatic carbocycles. The average Bonchev–Trinajstić information content (AvgIpc) is 3.48. The Bertz CT molecular complexity index is 1250. The van der Waals surface area contributed by atoms with Gasteiger partial charge in [0.2, 0.25) is 11.8 Å². The van der Waals surface area contributed by atoms with E-state index in [9.17, 15) is 9.59 Å². The fourth-order valence-electron chi connectivity index (χ4n) is 3.07. The van der Waals surface area contributed by atoms with E-state index >= 15 is 0 Å². The van der Waals surface area contributed by atoms with Gasteiger partial charge in [-0.05, 0) is 29.8 Å². The van der Waals surface area contributed by atoms with Crippen LogP contribution >= 0.6 is 22.7 Å². The van der Waals surface area contributed by atoms with Gasteiger partial charge in [-0.25, -0.2) is 9.97 Å². The van der Waals surface area contributed by atoms with Crippen molar-refractivity contribution >= 4 is 39.6 Å². The predicted molar refractivity (Wildman–Crippen MR) is 132 cm³/mol. The SMILES string of the molecule is COc1ccc(-c2nc(CC(=O)Nc3nc(-c4ccc(CNC(C)=O)cc4)cs3)cs2)cc1. The highest BCUT2D eigenvalue weighted by Gasteiger charge is 2.12.